The summed E-state index contributed by atoms with van der Waals surface area (Å²) < 4.78 is 5.71. The van der Waals surface area contributed by atoms with E-state index in [2.05, 4.69) is 4.98 Å². The number of ether oxygens (including phenoxy) is 1. The molecule has 0 radical (unpaired) electrons. The zero-order valence-electron chi connectivity index (χ0n) is 10.8. The van der Waals surface area contributed by atoms with Crippen LogP contribution >= 0.6 is 11.6 Å². The molecule has 1 heterocycles. The van der Waals surface area contributed by atoms with Crippen LogP contribution in [-0.4, -0.2) is 10.8 Å². The number of aryl methyl sites for hydroxylation is 1. The van der Waals surface area contributed by atoms with E-state index in [0.717, 1.165) is 16.9 Å². The first-order valence-corrected chi connectivity index (χ1v) is 6.28. The van der Waals surface area contributed by atoms with E-state index in [1.165, 1.54) is 0 Å². The van der Waals surface area contributed by atoms with Gasteiger partial charge in [-0.05, 0) is 43.7 Å². The first-order valence-electron chi connectivity index (χ1n) is 5.90. The van der Waals surface area contributed by atoms with Crippen LogP contribution in [0.3, 0.4) is 0 Å². The van der Waals surface area contributed by atoms with Crippen LogP contribution in [0.15, 0.2) is 36.7 Å². The van der Waals surface area contributed by atoms with Crippen LogP contribution in [0.2, 0.25) is 5.02 Å². The van der Waals surface area contributed by atoms with Crippen LogP contribution in [-0.2, 0) is 6.61 Å². The summed E-state index contributed by atoms with van der Waals surface area (Å²) in [6.07, 6.45) is 3.27. The summed E-state index contributed by atoms with van der Waals surface area (Å²) in [5, 5.41) is 0.584. The molecule has 0 aliphatic rings. The molecule has 0 N–H and O–H groups in total. The number of pyridine rings is 1. The molecule has 0 saturated heterocycles. The molecule has 0 unspecified atom stereocenters. The number of benzene rings is 1. The highest BCUT2D eigenvalue weighted by molar-refractivity contribution is 6.31. The molecule has 1 aromatic carbocycles. The quantitative estimate of drug-likeness (QED) is 0.796. The Morgan fingerprint density at radius 2 is 2.16 bits per heavy atom. The fourth-order valence-corrected chi connectivity index (χ4v) is 1.88. The van der Waals surface area contributed by atoms with Gasteiger partial charge < -0.3 is 4.74 Å². The van der Waals surface area contributed by atoms with Crippen molar-refractivity contribution in [1.82, 2.24) is 4.98 Å². The molecule has 0 bridgehead atoms. The summed E-state index contributed by atoms with van der Waals surface area (Å²) in [5.41, 5.74) is 2.50. The Morgan fingerprint density at radius 3 is 2.79 bits per heavy atom. The molecule has 0 atom stereocenters. The Hall–Kier alpha value is -1.87. The lowest BCUT2D eigenvalue weighted by Gasteiger charge is -2.10. The number of halogens is 1. The zero-order chi connectivity index (χ0) is 13.8. The molecule has 0 spiro atoms. The molecule has 0 aliphatic carbocycles. The summed E-state index contributed by atoms with van der Waals surface area (Å²) in [6.45, 7) is 3.84. The van der Waals surface area contributed by atoms with E-state index in [0.29, 0.717) is 17.2 Å². The van der Waals surface area contributed by atoms with Gasteiger partial charge in [-0.15, -0.1) is 0 Å². The molecule has 19 heavy (non-hydrogen) atoms. The fraction of sp³-hybridized carbons (Fsp3) is 0.200. The SMILES string of the molecule is CC(=O)c1ccc(OCc2ccncc2Cl)c(C)c1. The van der Waals surface area contributed by atoms with E-state index in [1.54, 1.807) is 31.5 Å². The second-order valence-electron chi connectivity index (χ2n) is 4.29. The average Bonchev–Trinajstić information content (AvgIpc) is 2.39. The summed E-state index contributed by atoms with van der Waals surface area (Å²) in [7, 11) is 0. The Kier molecular flexibility index (Phi) is 4.17. The predicted octanol–water partition coefficient (Wildman–Crippen LogP) is 3.83. The van der Waals surface area contributed by atoms with Crippen molar-refractivity contribution >= 4 is 17.4 Å². The molecule has 0 saturated carbocycles. The lowest BCUT2D eigenvalue weighted by atomic mass is 10.1. The van der Waals surface area contributed by atoms with Gasteiger partial charge >= 0.3 is 0 Å². The first kappa shape index (κ1) is 13.6. The number of hydrogen-bond acceptors (Lipinski definition) is 3. The molecule has 0 fully saturated rings. The van der Waals surface area contributed by atoms with E-state index in [4.69, 9.17) is 16.3 Å². The van der Waals surface area contributed by atoms with Crippen molar-refractivity contribution in [3.63, 3.8) is 0 Å². The first-order chi connectivity index (χ1) is 9.08. The van der Waals surface area contributed by atoms with E-state index in [-0.39, 0.29) is 5.78 Å². The summed E-state index contributed by atoms with van der Waals surface area (Å²) in [6, 6.07) is 7.22. The third kappa shape index (κ3) is 3.32. The normalized spacial score (nSPS) is 10.3. The number of nitrogens with zero attached hydrogens (tertiary/aromatic N) is 1. The molecule has 2 rings (SSSR count). The molecular formula is C15H14ClNO2. The van der Waals surface area contributed by atoms with E-state index in [1.807, 2.05) is 19.1 Å². The van der Waals surface area contributed by atoms with Gasteiger partial charge in [0.1, 0.15) is 12.4 Å². The van der Waals surface area contributed by atoms with Gasteiger partial charge in [-0.25, -0.2) is 0 Å². The van der Waals surface area contributed by atoms with Crippen LogP contribution in [0.1, 0.15) is 28.4 Å². The number of hydrogen-bond donors (Lipinski definition) is 0. The molecular weight excluding hydrogens is 262 g/mol. The lowest BCUT2D eigenvalue weighted by Crippen LogP contribution is -2.00. The monoisotopic (exact) mass is 275 g/mol. The molecule has 1 aromatic heterocycles. The molecule has 3 nitrogen and oxygen atoms in total. The van der Waals surface area contributed by atoms with Gasteiger partial charge in [0.25, 0.3) is 0 Å². The molecule has 0 aliphatic heterocycles. The second kappa shape index (κ2) is 5.85. The molecule has 98 valence electrons. The minimum atomic E-state index is 0.0480. The highest BCUT2D eigenvalue weighted by Gasteiger charge is 2.06. The zero-order valence-corrected chi connectivity index (χ0v) is 11.6. The maximum Gasteiger partial charge on any atom is 0.159 e. The van der Waals surface area contributed by atoms with Gasteiger partial charge in [-0.3, -0.25) is 9.78 Å². The fourth-order valence-electron chi connectivity index (χ4n) is 1.71. The Labute approximate surface area is 117 Å². The number of aromatic nitrogens is 1. The van der Waals surface area contributed by atoms with Crippen molar-refractivity contribution in [3.05, 3.63) is 58.4 Å². The van der Waals surface area contributed by atoms with Gasteiger partial charge in [0.15, 0.2) is 5.78 Å². The van der Waals surface area contributed by atoms with Gasteiger partial charge in [-0.2, -0.15) is 0 Å². The van der Waals surface area contributed by atoms with Crippen LogP contribution in [0.25, 0.3) is 0 Å². The van der Waals surface area contributed by atoms with Crippen LogP contribution in [0, 0.1) is 6.92 Å². The van der Waals surface area contributed by atoms with Crippen molar-refractivity contribution < 1.29 is 9.53 Å². The van der Waals surface area contributed by atoms with Gasteiger partial charge in [-0.1, -0.05) is 11.6 Å². The smallest absolute Gasteiger partial charge is 0.159 e. The van der Waals surface area contributed by atoms with Gasteiger partial charge in [0.05, 0.1) is 5.02 Å². The third-order valence-corrected chi connectivity index (χ3v) is 3.16. The molecule has 0 amide bonds. The highest BCUT2D eigenvalue weighted by atomic mass is 35.5. The highest BCUT2D eigenvalue weighted by Crippen LogP contribution is 2.22. The summed E-state index contributed by atoms with van der Waals surface area (Å²) in [4.78, 5) is 15.2. The third-order valence-electron chi connectivity index (χ3n) is 2.82. The minimum absolute atomic E-state index is 0.0480. The number of ketones is 1. The van der Waals surface area contributed by atoms with Crippen LogP contribution in [0.5, 0.6) is 5.75 Å². The Bertz CT molecular complexity index is 611. The number of Topliss-reactive ketones (excluding diaryl/α,β-unsaturated/α-hetero) is 1. The number of rotatable bonds is 4. The molecule has 4 heteroatoms. The Balaban J connectivity index is 2.12. The lowest BCUT2D eigenvalue weighted by molar-refractivity contribution is 0.101. The van der Waals surface area contributed by atoms with E-state index < -0.39 is 0 Å². The van der Waals surface area contributed by atoms with Crippen molar-refractivity contribution in [3.8, 4) is 5.75 Å². The maximum absolute atomic E-state index is 11.3. The van der Waals surface area contributed by atoms with Gasteiger partial charge in [0.2, 0.25) is 0 Å². The Morgan fingerprint density at radius 1 is 1.37 bits per heavy atom. The number of carbonyl (C=O) groups excluding carboxylic acids is 1. The van der Waals surface area contributed by atoms with Gasteiger partial charge in [0, 0.05) is 23.5 Å². The summed E-state index contributed by atoms with van der Waals surface area (Å²) >= 11 is 6.01. The predicted molar refractivity (Wildman–Crippen MR) is 74.8 cm³/mol. The van der Waals surface area contributed by atoms with Crippen LogP contribution in [0.4, 0.5) is 0 Å². The number of carbonyl (C=O) groups is 1. The van der Waals surface area contributed by atoms with E-state index >= 15 is 0 Å². The summed E-state index contributed by atoms with van der Waals surface area (Å²) in [5.74, 6) is 0.796. The standard InChI is InChI=1S/C15H14ClNO2/c1-10-7-12(11(2)18)3-4-15(10)19-9-13-5-6-17-8-14(13)16/h3-8H,9H2,1-2H3. The minimum Gasteiger partial charge on any atom is -0.489 e. The van der Waals surface area contributed by atoms with Crippen molar-refractivity contribution in [2.45, 2.75) is 20.5 Å². The molecule has 2 aromatic rings. The van der Waals surface area contributed by atoms with E-state index in [9.17, 15) is 4.79 Å². The average molecular weight is 276 g/mol. The maximum atomic E-state index is 11.3. The topological polar surface area (TPSA) is 39.2 Å². The van der Waals surface area contributed by atoms with Crippen molar-refractivity contribution in [2.75, 3.05) is 0 Å². The van der Waals surface area contributed by atoms with Crippen LogP contribution < -0.4 is 4.74 Å². The van der Waals surface area contributed by atoms with Crippen molar-refractivity contribution in [2.24, 2.45) is 0 Å². The van der Waals surface area contributed by atoms with Crippen molar-refractivity contribution in [1.29, 1.82) is 0 Å². The second-order valence-corrected chi connectivity index (χ2v) is 4.70. The largest absolute Gasteiger partial charge is 0.489 e.